The van der Waals surface area contributed by atoms with E-state index >= 15 is 0 Å². The van der Waals surface area contributed by atoms with E-state index in [-0.39, 0.29) is 6.10 Å². The third-order valence-electron chi connectivity index (χ3n) is 7.73. The zero-order valence-corrected chi connectivity index (χ0v) is 13.4. The Morgan fingerprint density at radius 3 is 2.90 bits per heavy atom. The lowest BCUT2D eigenvalue weighted by Crippen LogP contribution is -2.45. The Morgan fingerprint density at radius 1 is 1.24 bits per heavy atom. The largest absolute Gasteiger partial charge is 0.393 e. The van der Waals surface area contributed by atoms with Crippen LogP contribution < -0.4 is 0 Å². The molecule has 3 saturated carbocycles. The van der Waals surface area contributed by atoms with Gasteiger partial charge in [-0.05, 0) is 86.4 Å². The van der Waals surface area contributed by atoms with E-state index in [9.17, 15) is 5.11 Å². The molecular weight excluding hydrogens is 256 g/mol. The molecular formula is C20H30O. The Hall–Kier alpha value is -0.560. The molecule has 0 bridgehead atoms. The van der Waals surface area contributed by atoms with Crippen molar-refractivity contribution in [2.75, 3.05) is 0 Å². The minimum absolute atomic E-state index is 0.0687. The highest BCUT2D eigenvalue weighted by Crippen LogP contribution is 2.63. The van der Waals surface area contributed by atoms with Crippen LogP contribution in [0.1, 0.15) is 58.3 Å². The van der Waals surface area contributed by atoms with Crippen LogP contribution in [0.5, 0.6) is 0 Å². The van der Waals surface area contributed by atoms with Crippen LogP contribution in [-0.4, -0.2) is 11.2 Å². The number of hydrogen-bond acceptors (Lipinski definition) is 1. The van der Waals surface area contributed by atoms with Crippen LogP contribution in [0.3, 0.4) is 0 Å². The molecule has 1 nitrogen and oxygen atoms in total. The first-order valence-electron chi connectivity index (χ1n) is 9.14. The number of hydrogen-bond donors (Lipinski definition) is 1. The lowest BCUT2D eigenvalue weighted by Gasteiger charge is -2.53. The molecule has 0 heterocycles. The Bertz CT molecular complexity index is 464. The fourth-order valence-corrected chi connectivity index (χ4v) is 6.66. The molecule has 0 amide bonds. The highest BCUT2D eigenvalue weighted by atomic mass is 16.3. The van der Waals surface area contributed by atoms with Crippen LogP contribution >= 0.6 is 0 Å². The third kappa shape index (κ3) is 2.00. The topological polar surface area (TPSA) is 20.2 Å². The lowest BCUT2D eigenvalue weighted by molar-refractivity contribution is 0.00570. The second kappa shape index (κ2) is 4.98. The molecule has 7 unspecified atom stereocenters. The number of fused-ring (bicyclic) bond motifs is 5. The highest BCUT2D eigenvalue weighted by molar-refractivity contribution is 5.22. The van der Waals surface area contributed by atoms with Crippen molar-refractivity contribution < 1.29 is 5.11 Å². The zero-order valence-electron chi connectivity index (χ0n) is 13.4. The molecule has 1 heteroatoms. The first kappa shape index (κ1) is 14.1. The van der Waals surface area contributed by atoms with Crippen molar-refractivity contribution in [3.63, 3.8) is 0 Å². The molecule has 0 aromatic carbocycles. The van der Waals surface area contributed by atoms with E-state index in [1.54, 1.807) is 5.57 Å². The van der Waals surface area contributed by atoms with E-state index in [0.29, 0.717) is 11.3 Å². The molecule has 7 atom stereocenters. The fourth-order valence-electron chi connectivity index (χ4n) is 6.66. The molecule has 4 aliphatic rings. The third-order valence-corrected chi connectivity index (χ3v) is 7.73. The summed E-state index contributed by atoms with van der Waals surface area (Å²) in [6, 6.07) is 0. The second-order valence-corrected chi connectivity index (χ2v) is 8.44. The number of rotatable bonds is 1. The lowest BCUT2D eigenvalue weighted by atomic mass is 9.52. The van der Waals surface area contributed by atoms with Crippen molar-refractivity contribution in [3.8, 4) is 0 Å². The van der Waals surface area contributed by atoms with Crippen molar-refractivity contribution >= 4 is 0 Å². The summed E-state index contributed by atoms with van der Waals surface area (Å²) in [4.78, 5) is 0. The number of aliphatic hydroxyl groups excluding tert-OH is 1. The van der Waals surface area contributed by atoms with Gasteiger partial charge in [-0.15, -0.1) is 6.58 Å². The smallest absolute Gasteiger partial charge is 0.0580 e. The van der Waals surface area contributed by atoms with Gasteiger partial charge in [-0.3, -0.25) is 0 Å². The first-order valence-corrected chi connectivity index (χ1v) is 9.14. The molecule has 0 spiro atoms. The van der Waals surface area contributed by atoms with Crippen LogP contribution in [0.2, 0.25) is 0 Å². The van der Waals surface area contributed by atoms with Crippen LogP contribution in [-0.2, 0) is 0 Å². The predicted molar refractivity (Wildman–Crippen MR) is 86.8 cm³/mol. The minimum Gasteiger partial charge on any atom is -0.393 e. The molecule has 1 N–H and O–H groups in total. The van der Waals surface area contributed by atoms with Gasteiger partial charge in [0, 0.05) is 0 Å². The zero-order chi connectivity index (χ0) is 14.6. The minimum atomic E-state index is -0.0687. The van der Waals surface area contributed by atoms with Crippen LogP contribution in [0.15, 0.2) is 24.3 Å². The van der Waals surface area contributed by atoms with Crippen molar-refractivity contribution in [2.45, 2.75) is 64.4 Å². The maximum Gasteiger partial charge on any atom is 0.0580 e. The van der Waals surface area contributed by atoms with E-state index in [2.05, 4.69) is 25.7 Å². The Kier molecular flexibility index (Phi) is 3.33. The summed E-state index contributed by atoms with van der Waals surface area (Å²) >= 11 is 0. The molecule has 0 aromatic heterocycles. The quantitative estimate of drug-likeness (QED) is 0.691. The van der Waals surface area contributed by atoms with Gasteiger partial charge in [-0.1, -0.05) is 24.6 Å². The summed E-state index contributed by atoms with van der Waals surface area (Å²) < 4.78 is 0. The molecule has 3 fully saturated rings. The molecule has 116 valence electrons. The predicted octanol–water partition coefficient (Wildman–Crippen LogP) is 4.72. The molecule has 0 saturated heterocycles. The Labute approximate surface area is 129 Å². The van der Waals surface area contributed by atoms with Crippen molar-refractivity contribution in [3.05, 3.63) is 24.3 Å². The molecule has 4 rings (SSSR count). The molecule has 0 radical (unpaired) electrons. The standard InChI is InChI=1S/C20H30O/c1-3-14-5-9-19-18-7-4-13-12-15(21)6-8-16(13)17(18)10-11-20(14,19)2/h3,8,13-15,17-19,21H,1,4-7,9-12H2,2H3. The summed E-state index contributed by atoms with van der Waals surface area (Å²) in [5, 5.41) is 9.95. The summed E-state index contributed by atoms with van der Waals surface area (Å²) in [6.07, 6.45) is 14.9. The van der Waals surface area contributed by atoms with Crippen LogP contribution in [0.4, 0.5) is 0 Å². The highest BCUT2D eigenvalue weighted by Gasteiger charge is 2.54. The van der Waals surface area contributed by atoms with Gasteiger partial charge in [-0.2, -0.15) is 0 Å². The maximum atomic E-state index is 9.95. The van der Waals surface area contributed by atoms with Gasteiger partial charge >= 0.3 is 0 Å². The average molecular weight is 286 g/mol. The van der Waals surface area contributed by atoms with E-state index in [1.807, 2.05) is 0 Å². The maximum absolute atomic E-state index is 9.95. The van der Waals surface area contributed by atoms with Gasteiger partial charge in [0.05, 0.1) is 6.10 Å². The summed E-state index contributed by atoms with van der Waals surface area (Å²) in [7, 11) is 0. The summed E-state index contributed by atoms with van der Waals surface area (Å²) in [6.45, 7) is 6.67. The van der Waals surface area contributed by atoms with E-state index in [0.717, 1.165) is 36.5 Å². The normalized spacial score (nSPS) is 52.4. The summed E-state index contributed by atoms with van der Waals surface area (Å²) in [5.74, 6) is 4.15. The van der Waals surface area contributed by atoms with Gasteiger partial charge in [0.2, 0.25) is 0 Å². The van der Waals surface area contributed by atoms with Crippen molar-refractivity contribution in [1.82, 2.24) is 0 Å². The Balaban J connectivity index is 1.62. The average Bonchev–Trinajstić information content (AvgIpc) is 2.83. The fraction of sp³-hybridized carbons (Fsp3) is 0.800. The molecule has 4 aliphatic carbocycles. The number of aliphatic hydroxyl groups is 1. The van der Waals surface area contributed by atoms with Gasteiger partial charge in [0.1, 0.15) is 0 Å². The first-order chi connectivity index (χ1) is 10.1. The van der Waals surface area contributed by atoms with E-state index in [4.69, 9.17) is 0 Å². The van der Waals surface area contributed by atoms with Crippen molar-refractivity contribution in [1.29, 1.82) is 0 Å². The second-order valence-electron chi connectivity index (χ2n) is 8.44. The monoisotopic (exact) mass is 286 g/mol. The van der Waals surface area contributed by atoms with E-state index in [1.165, 1.54) is 38.5 Å². The molecule has 0 aromatic rings. The van der Waals surface area contributed by atoms with Gasteiger partial charge in [0.25, 0.3) is 0 Å². The summed E-state index contributed by atoms with van der Waals surface area (Å²) in [5.41, 5.74) is 2.28. The van der Waals surface area contributed by atoms with Gasteiger partial charge in [0.15, 0.2) is 0 Å². The van der Waals surface area contributed by atoms with Gasteiger partial charge < -0.3 is 5.11 Å². The molecule has 0 aliphatic heterocycles. The van der Waals surface area contributed by atoms with E-state index < -0.39 is 0 Å². The SMILES string of the molecule is C=CC1CCC2C3CCC4CC(O)CC=C4C3CCC12C. The van der Waals surface area contributed by atoms with Crippen LogP contribution in [0, 0.1) is 35.0 Å². The Morgan fingerprint density at radius 2 is 2.10 bits per heavy atom. The van der Waals surface area contributed by atoms with Gasteiger partial charge in [-0.25, -0.2) is 0 Å². The molecule has 21 heavy (non-hydrogen) atoms. The van der Waals surface area contributed by atoms with Crippen LogP contribution in [0.25, 0.3) is 0 Å². The number of allylic oxidation sites excluding steroid dienone is 2. The van der Waals surface area contributed by atoms with Crippen molar-refractivity contribution in [2.24, 2.45) is 35.0 Å².